The van der Waals surface area contributed by atoms with Gasteiger partial charge >= 0.3 is 0 Å². The Kier molecular flexibility index (Phi) is 5.84. The standard InChI is InChI=1S/C15H19ClN4O3/c1-18-15(17)20-14(22)11-8-9-10(16)4-5-12(13(9)19-11)23-7-3-2-6-21/h4-5,8,19,21H,2-3,6-7H2,1H3,(H3,17,18,20,22). The second-order valence-electron chi connectivity index (χ2n) is 4.86. The molecule has 1 amide bonds. The average Bonchev–Trinajstić information content (AvgIpc) is 2.99. The van der Waals surface area contributed by atoms with Crippen LogP contribution in [0.4, 0.5) is 0 Å². The SMILES string of the molecule is CN=C(N)NC(=O)c1cc2c(Cl)ccc(OCCCCO)c2[nH]1. The Bertz CT molecular complexity index is 727. The van der Waals surface area contributed by atoms with Crippen molar-refractivity contribution in [2.45, 2.75) is 12.8 Å². The lowest BCUT2D eigenvalue weighted by Gasteiger charge is -2.07. The van der Waals surface area contributed by atoms with Gasteiger partial charge in [-0.25, -0.2) is 0 Å². The summed E-state index contributed by atoms with van der Waals surface area (Å²) in [5.41, 5.74) is 6.44. The van der Waals surface area contributed by atoms with Crippen LogP contribution in [0, 0.1) is 0 Å². The van der Waals surface area contributed by atoms with E-state index >= 15 is 0 Å². The van der Waals surface area contributed by atoms with Crippen LogP contribution < -0.4 is 15.8 Å². The van der Waals surface area contributed by atoms with Crippen molar-refractivity contribution < 1.29 is 14.6 Å². The highest BCUT2D eigenvalue weighted by atomic mass is 35.5. The van der Waals surface area contributed by atoms with E-state index in [9.17, 15) is 4.79 Å². The second-order valence-corrected chi connectivity index (χ2v) is 5.27. The number of nitrogens with one attached hydrogen (secondary N) is 2. The van der Waals surface area contributed by atoms with Gasteiger partial charge in [-0.15, -0.1) is 0 Å². The molecule has 124 valence electrons. The number of halogens is 1. The van der Waals surface area contributed by atoms with E-state index < -0.39 is 5.91 Å². The fourth-order valence-corrected chi connectivity index (χ4v) is 2.25. The van der Waals surface area contributed by atoms with Crippen molar-refractivity contribution in [3.63, 3.8) is 0 Å². The number of carbonyl (C=O) groups excluding carboxylic acids is 1. The number of nitrogens with two attached hydrogens (primary N) is 1. The molecule has 5 N–H and O–H groups in total. The third kappa shape index (κ3) is 4.14. The zero-order valence-electron chi connectivity index (χ0n) is 12.7. The molecule has 0 bridgehead atoms. The highest BCUT2D eigenvalue weighted by molar-refractivity contribution is 6.35. The molecule has 0 atom stereocenters. The van der Waals surface area contributed by atoms with E-state index in [0.29, 0.717) is 40.4 Å². The number of rotatable bonds is 6. The summed E-state index contributed by atoms with van der Waals surface area (Å²) in [6.45, 7) is 0.597. The van der Waals surface area contributed by atoms with E-state index in [4.69, 9.17) is 27.2 Å². The maximum absolute atomic E-state index is 12.1. The molecule has 0 saturated heterocycles. The molecule has 23 heavy (non-hydrogen) atoms. The first kappa shape index (κ1) is 17.1. The zero-order chi connectivity index (χ0) is 16.8. The van der Waals surface area contributed by atoms with Gasteiger partial charge in [0.1, 0.15) is 11.4 Å². The second kappa shape index (κ2) is 7.85. The Morgan fingerprint density at radius 3 is 2.96 bits per heavy atom. The molecular weight excluding hydrogens is 320 g/mol. The van der Waals surface area contributed by atoms with Gasteiger partial charge in [-0.05, 0) is 31.0 Å². The number of benzene rings is 1. The first-order chi connectivity index (χ1) is 11.1. The van der Waals surface area contributed by atoms with Crippen LogP contribution in [-0.4, -0.2) is 42.2 Å². The summed E-state index contributed by atoms with van der Waals surface area (Å²) in [5, 5.41) is 12.4. The molecule has 0 radical (unpaired) electrons. The summed E-state index contributed by atoms with van der Waals surface area (Å²) in [7, 11) is 1.48. The van der Waals surface area contributed by atoms with E-state index in [-0.39, 0.29) is 12.6 Å². The third-order valence-electron chi connectivity index (χ3n) is 3.24. The fraction of sp³-hybridized carbons (Fsp3) is 0.333. The van der Waals surface area contributed by atoms with E-state index in [1.54, 1.807) is 18.2 Å². The summed E-state index contributed by atoms with van der Waals surface area (Å²) in [4.78, 5) is 18.8. The van der Waals surface area contributed by atoms with Gasteiger partial charge < -0.3 is 20.6 Å². The minimum absolute atomic E-state index is 0.0280. The predicted octanol–water partition coefficient (Wildman–Crippen LogP) is 1.65. The lowest BCUT2D eigenvalue weighted by atomic mass is 10.2. The number of aliphatic imine (C=N–C) groups is 1. The van der Waals surface area contributed by atoms with Crippen LogP contribution in [-0.2, 0) is 0 Å². The Balaban J connectivity index is 2.26. The van der Waals surface area contributed by atoms with Gasteiger partial charge in [-0.2, -0.15) is 0 Å². The lowest BCUT2D eigenvalue weighted by Crippen LogP contribution is -2.36. The Morgan fingerprint density at radius 2 is 2.26 bits per heavy atom. The first-order valence-corrected chi connectivity index (χ1v) is 7.53. The number of fused-ring (bicyclic) bond motifs is 1. The van der Waals surface area contributed by atoms with Crippen LogP contribution in [0.25, 0.3) is 10.9 Å². The average molecular weight is 339 g/mol. The molecule has 0 fully saturated rings. The number of H-pyrrole nitrogens is 1. The number of aliphatic hydroxyl groups is 1. The molecule has 0 aliphatic heterocycles. The quantitative estimate of drug-likeness (QED) is 0.364. The molecule has 0 saturated carbocycles. The largest absolute Gasteiger partial charge is 0.491 e. The number of amides is 1. The predicted molar refractivity (Wildman–Crippen MR) is 90.1 cm³/mol. The first-order valence-electron chi connectivity index (χ1n) is 7.15. The molecule has 0 aliphatic rings. The molecule has 1 aromatic carbocycles. The fourth-order valence-electron chi connectivity index (χ4n) is 2.04. The number of unbranched alkanes of at least 4 members (excludes halogenated alkanes) is 1. The maximum atomic E-state index is 12.1. The summed E-state index contributed by atoms with van der Waals surface area (Å²) in [6.07, 6.45) is 1.41. The number of ether oxygens (including phenoxy) is 1. The number of hydrogen-bond acceptors (Lipinski definition) is 4. The maximum Gasteiger partial charge on any atom is 0.274 e. The van der Waals surface area contributed by atoms with Crippen molar-refractivity contribution in [3.05, 3.63) is 28.9 Å². The van der Waals surface area contributed by atoms with Crippen molar-refractivity contribution in [2.24, 2.45) is 10.7 Å². The van der Waals surface area contributed by atoms with Gasteiger partial charge in [0.25, 0.3) is 5.91 Å². The molecule has 1 heterocycles. The minimum atomic E-state index is -0.411. The molecular formula is C15H19ClN4O3. The van der Waals surface area contributed by atoms with Crippen LogP contribution in [0.3, 0.4) is 0 Å². The van der Waals surface area contributed by atoms with Crippen LogP contribution in [0.15, 0.2) is 23.2 Å². The van der Waals surface area contributed by atoms with Crippen LogP contribution in [0.1, 0.15) is 23.3 Å². The number of nitrogens with zero attached hydrogens (tertiary/aromatic N) is 1. The Morgan fingerprint density at radius 1 is 1.48 bits per heavy atom. The number of aromatic nitrogens is 1. The summed E-state index contributed by atoms with van der Waals surface area (Å²) in [5.74, 6) is 0.213. The Labute approximate surface area is 138 Å². The van der Waals surface area contributed by atoms with E-state index in [1.165, 1.54) is 7.05 Å². The van der Waals surface area contributed by atoms with Gasteiger partial charge in [0, 0.05) is 19.0 Å². The molecule has 0 spiro atoms. The third-order valence-corrected chi connectivity index (χ3v) is 3.57. The van der Waals surface area contributed by atoms with E-state index in [0.717, 1.165) is 6.42 Å². The van der Waals surface area contributed by atoms with E-state index in [2.05, 4.69) is 15.3 Å². The monoisotopic (exact) mass is 338 g/mol. The Hall–Kier alpha value is -2.25. The number of hydrogen-bond donors (Lipinski definition) is 4. The van der Waals surface area contributed by atoms with Crippen molar-refractivity contribution in [1.82, 2.24) is 10.3 Å². The number of aliphatic hydroxyl groups excluding tert-OH is 1. The van der Waals surface area contributed by atoms with Crippen molar-refractivity contribution in [1.29, 1.82) is 0 Å². The summed E-state index contributed by atoms with van der Waals surface area (Å²) in [6, 6.07) is 5.09. The molecule has 0 unspecified atom stereocenters. The topological polar surface area (TPSA) is 113 Å². The smallest absolute Gasteiger partial charge is 0.274 e. The summed E-state index contributed by atoms with van der Waals surface area (Å²) < 4.78 is 5.69. The molecule has 1 aromatic heterocycles. The number of aromatic amines is 1. The highest BCUT2D eigenvalue weighted by Gasteiger charge is 2.15. The van der Waals surface area contributed by atoms with Crippen molar-refractivity contribution in [2.75, 3.05) is 20.3 Å². The molecule has 0 aliphatic carbocycles. The highest BCUT2D eigenvalue weighted by Crippen LogP contribution is 2.32. The van der Waals surface area contributed by atoms with Crippen LogP contribution >= 0.6 is 11.6 Å². The molecule has 2 rings (SSSR count). The number of guanidine groups is 1. The molecule has 7 nitrogen and oxygen atoms in total. The summed E-state index contributed by atoms with van der Waals surface area (Å²) >= 11 is 6.18. The van der Waals surface area contributed by atoms with E-state index in [1.807, 2.05) is 0 Å². The van der Waals surface area contributed by atoms with Crippen molar-refractivity contribution >= 4 is 34.4 Å². The van der Waals surface area contributed by atoms with Crippen LogP contribution in [0.2, 0.25) is 5.02 Å². The number of carbonyl (C=O) groups is 1. The van der Waals surface area contributed by atoms with Crippen molar-refractivity contribution in [3.8, 4) is 5.75 Å². The molecule has 8 heteroatoms. The molecule has 2 aromatic rings. The van der Waals surface area contributed by atoms with Crippen LogP contribution in [0.5, 0.6) is 5.75 Å². The van der Waals surface area contributed by atoms with Gasteiger partial charge in [0.15, 0.2) is 5.96 Å². The van der Waals surface area contributed by atoms with Gasteiger partial charge in [-0.1, -0.05) is 11.6 Å². The van der Waals surface area contributed by atoms with Gasteiger partial charge in [0.2, 0.25) is 0 Å². The lowest BCUT2D eigenvalue weighted by molar-refractivity contribution is 0.0972. The minimum Gasteiger partial charge on any atom is -0.491 e. The zero-order valence-corrected chi connectivity index (χ0v) is 13.5. The van der Waals surface area contributed by atoms with Gasteiger partial charge in [-0.3, -0.25) is 15.1 Å². The normalized spacial score (nSPS) is 11.7. The van der Waals surface area contributed by atoms with Gasteiger partial charge in [0.05, 0.1) is 17.1 Å².